The van der Waals surface area contributed by atoms with E-state index in [2.05, 4.69) is 5.32 Å². The van der Waals surface area contributed by atoms with E-state index in [0.29, 0.717) is 0 Å². The number of esters is 1. The molecule has 0 radical (unpaired) electrons. The number of carbonyl (C=O) groups is 1. The van der Waals surface area contributed by atoms with E-state index in [4.69, 9.17) is 9.47 Å². The monoisotopic (exact) mass is 201 g/mol. The van der Waals surface area contributed by atoms with Crippen LogP contribution in [0.3, 0.4) is 0 Å². The highest BCUT2D eigenvalue weighted by molar-refractivity contribution is 5.75. The SMILES string of the molecule is COC(C(=O)OC(C)(C)C)C1CNC1. The molecule has 0 aromatic heterocycles. The molecule has 0 saturated carbocycles. The summed E-state index contributed by atoms with van der Waals surface area (Å²) in [5.41, 5.74) is -0.439. The van der Waals surface area contributed by atoms with Crippen LogP contribution in [0, 0.1) is 5.92 Å². The van der Waals surface area contributed by atoms with Gasteiger partial charge in [-0.15, -0.1) is 0 Å². The van der Waals surface area contributed by atoms with Crippen molar-refractivity contribution < 1.29 is 14.3 Å². The van der Waals surface area contributed by atoms with Crippen LogP contribution in [0.1, 0.15) is 20.8 Å². The quantitative estimate of drug-likeness (QED) is 0.678. The molecule has 0 spiro atoms. The number of nitrogens with one attached hydrogen (secondary N) is 1. The van der Waals surface area contributed by atoms with Crippen LogP contribution < -0.4 is 5.32 Å². The van der Waals surface area contributed by atoms with Crippen molar-refractivity contribution in [1.29, 1.82) is 0 Å². The number of ether oxygens (including phenoxy) is 2. The van der Waals surface area contributed by atoms with Crippen molar-refractivity contribution in [1.82, 2.24) is 5.32 Å². The van der Waals surface area contributed by atoms with Crippen molar-refractivity contribution >= 4 is 5.97 Å². The fraction of sp³-hybridized carbons (Fsp3) is 0.900. The molecule has 0 bridgehead atoms. The van der Waals surface area contributed by atoms with Gasteiger partial charge in [-0.25, -0.2) is 4.79 Å². The topological polar surface area (TPSA) is 47.6 Å². The smallest absolute Gasteiger partial charge is 0.336 e. The molecule has 1 saturated heterocycles. The molecule has 82 valence electrons. The normalized spacial score (nSPS) is 20.0. The molecular formula is C10H19NO3. The molecule has 4 nitrogen and oxygen atoms in total. The van der Waals surface area contributed by atoms with Gasteiger partial charge in [0.1, 0.15) is 5.60 Å². The van der Waals surface area contributed by atoms with Crippen molar-refractivity contribution in [3.8, 4) is 0 Å². The zero-order valence-electron chi connectivity index (χ0n) is 9.29. The van der Waals surface area contributed by atoms with Crippen molar-refractivity contribution in [2.24, 2.45) is 5.92 Å². The van der Waals surface area contributed by atoms with Gasteiger partial charge in [0, 0.05) is 26.1 Å². The lowest BCUT2D eigenvalue weighted by Crippen LogP contribution is -2.52. The highest BCUT2D eigenvalue weighted by Gasteiger charge is 2.35. The summed E-state index contributed by atoms with van der Waals surface area (Å²) in [7, 11) is 1.55. The number of hydrogen-bond donors (Lipinski definition) is 1. The molecule has 1 unspecified atom stereocenters. The molecule has 1 aliphatic heterocycles. The predicted octanol–water partition coefficient (Wildman–Crippen LogP) is 0.562. The Morgan fingerprint density at radius 1 is 1.43 bits per heavy atom. The maximum absolute atomic E-state index is 11.6. The van der Waals surface area contributed by atoms with Gasteiger partial charge in [-0.2, -0.15) is 0 Å². The molecule has 1 heterocycles. The Bertz CT molecular complexity index is 206. The third-order valence-corrected chi connectivity index (χ3v) is 2.13. The van der Waals surface area contributed by atoms with Crippen LogP contribution in [0.4, 0.5) is 0 Å². The van der Waals surface area contributed by atoms with E-state index in [1.54, 1.807) is 7.11 Å². The molecule has 0 aromatic carbocycles. The highest BCUT2D eigenvalue weighted by Crippen LogP contribution is 2.17. The lowest BCUT2D eigenvalue weighted by molar-refractivity contribution is -0.171. The zero-order valence-corrected chi connectivity index (χ0v) is 9.29. The molecule has 1 N–H and O–H groups in total. The maximum Gasteiger partial charge on any atom is 0.336 e. The molecule has 1 aliphatic rings. The van der Waals surface area contributed by atoms with Gasteiger partial charge in [-0.3, -0.25) is 0 Å². The van der Waals surface area contributed by atoms with Gasteiger partial charge in [0.15, 0.2) is 6.10 Å². The van der Waals surface area contributed by atoms with E-state index in [-0.39, 0.29) is 11.9 Å². The van der Waals surface area contributed by atoms with Crippen LogP contribution in [-0.2, 0) is 14.3 Å². The van der Waals surface area contributed by atoms with Crippen LogP contribution in [0.25, 0.3) is 0 Å². The molecule has 0 aromatic rings. The summed E-state index contributed by atoms with van der Waals surface area (Å²) in [5, 5.41) is 3.11. The van der Waals surface area contributed by atoms with E-state index in [9.17, 15) is 4.79 Å². The lowest BCUT2D eigenvalue weighted by Gasteiger charge is -2.33. The highest BCUT2D eigenvalue weighted by atomic mass is 16.6. The van der Waals surface area contributed by atoms with E-state index in [1.165, 1.54) is 0 Å². The zero-order chi connectivity index (χ0) is 10.8. The number of methoxy groups -OCH3 is 1. The van der Waals surface area contributed by atoms with Crippen LogP contribution in [0.2, 0.25) is 0 Å². The average Bonchev–Trinajstić information content (AvgIpc) is 1.92. The van der Waals surface area contributed by atoms with Crippen molar-refractivity contribution in [2.45, 2.75) is 32.5 Å². The van der Waals surface area contributed by atoms with E-state index >= 15 is 0 Å². The Labute approximate surface area is 85.0 Å². The number of hydrogen-bond acceptors (Lipinski definition) is 4. The minimum atomic E-state index is -0.439. The standard InChI is InChI=1S/C10H19NO3/c1-10(2,3)14-9(12)8(13-4)7-5-11-6-7/h7-8,11H,5-6H2,1-4H3. The van der Waals surface area contributed by atoms with Crippen molar-refractivity contribution in [2.75, 3.05) is 20.2 Å². The van der Waals surface area contributed by atoms with Crippen LogP contribution >= 0.6 is 0 Å². The van der Waals surface area contributed by atoms with Gasteiger partial charge in [-0.1, -0.05) is 0 Å². The van der Waals surface area contributed by atoms with Crippen molar-refractivity contribution in [3.63, 3.8) is 0 Å². The molecule has 4 heteroatoms. The Morgan fingerprint density at radius 2 is 2.00 bits per heavy atom. The molecule has 1 fully saturated rings. The minimum absolute atomic E-state index is 0.258. The third-order valence-electron chi connectivity index (χ3n) is 2.13. The summed E-state index contributed by atoms with van der Waals surface area (Å²) in [4.78, 5) is 11.6. The fourth-order valence-electron chi connectivity index (χ4n) is 1.37. The number of rotatable bonds is 3. The first-order valence-electron chi connectivity index (χ1n) is 4.90. The molecule has 0 aliphatic carbocycles. The van der Waals surface area contributed by atoms with Crippen molar-refractivity contribution in [3.05, 3.63) is 0 Å². The summed E-state index contributed by atoms with van der Waals surface area (Å²) >= 11 is 0. The maximum atomic E-state index is 11.6. The summed E-state index contributed by atoms with van der Waals surface area (Å²) in [6, 6.07) is 0. The number of carbonyl (C=O) groups excluding carboxylic acids is 1. The van der Waals surface area contributed by atoms with E-state index < -0.39 is 11.7 Å². The van der Waals surface area contributed by atoms with E-state index in [1.807, 2.05) is 20.8 Å². The molecule has 1 atom stereocenters. The first-order chi connectivity index (χ1) is 6.44. The summed E-state index contributed by atoms with van der Waals surface area (Å²) in [6.07, 6.45) is -0.421. The van der Waals surface area contributed by atoms with Gasteiger partial charge in [0.25, 0.3) is 0 Å². The van der Waals surface area contributed by atoms with Gasteiger partial charge in [-0.05, 0) is 20.8 Å². The molecule has 14 heavy (non-hydrogen) atoms. The summed E-state index contributed by atoms with van der Waals surface area (Å²) < 4.78 is 10.4. The Balaban J connectivity index is 2.47. The Hall–Kier alpha value is -0.610. The van der Waals surface area contributed by atoms with Crippen LogP contribution in [-0.4, -0.2) is 37.9 Å². The second-order valence-corrected chi connectivity index (χ2v) is 4.61. The van der Waals surface area contributed by atoms with Gasteiger partial charge < -0.3 is 14.8 Å². The Kier molecular flexibility index (Phi) is 3.50. The molecule has 1 rings (SSSR count). The average molecular weight is 201 g/mol. The first kappa shape index (κ1) is 11.5. The van der Waals surface area contributed by atoms with Gasteiger partial charge in [0.05, 0.1) is 0 Å². The Morgan fingerprint density at radius 3 is 2.29 bits per heavy atom. The lowest BCUT2D eigenvalue weighted by atomic mass is 9.96. The van der Waals surface area contributed by atoms with Gasteiger partial charge >= 0.3 is 5.97 Å². The van der Waals surface area contributed by atoms with Crippen LogP contribution in [0.5, 0.6) is 0 Å². The molecule has 0 amide bonds. The first-order valence-corrected chi connectivity index (χ1v) is 4.90. The summed E-state index contributed by atoms with van der Waals surface area (Å²) in [5.74, 6) is 0.00125. The molecular weight excluding hydrogens is 182 g/mol. The fourth-order valence-corrected chi connectivity index (χ4v) is 1.37. The predicted molar refractivity (Wildman–Crippen MR) is 53.0 cm³/mol. The summed E-state index contributed by atoms with van der Waals surface area (Å²) in [6.45, 7) is 7.24. The largest absolute Gasteiger partial charge is 0.458 e. The third kappa shape index (κ3) is 2.96. The second kappa shape index (κ2) is 4.28. The van der Waals surface area contributed by atoms with Gasteiger partial charge in [0.2, 0.25) is 0 Å². The van der Waals surface area contributed by atoms with Crippen LogP contribution in [0.15, 0.2) is 0 Å². The van der Waals surface area contributed by atoms with E-state index in [0.717, 1.165) is 13.1 Å². The second-order valence-electron chi connectivity index (χ2n) is 4.61. The minimum Gasteiger partial charge on any atom is -0.458 e.